The van der Waals surface area contributed by atoms with Gasteiger partial charge in [-0.25, -0.2) is 4.39 Å². The average molecular weight is 329 g/mol. The molecule has 1 aromatic carbocycles. The molecule has 1 aromatic rings. The van der Waals surface area contributed by atoms with Crippen LogP contribution in [0.3, 0.4) is 0 Å². The predicted octanol–water partition coefficient (Wildman–Crippen LogP) is 2.72. The molecule has 1 amide bonds. The van der Waals surface area contributed by atoms with Crippen LogP contribution in [0.4, 0.5) is 4.39 Å². The van der Waals surface area contributed by atoms with Gasteiger partial charge in [-0.05, 0) is 49.4 Å². The molecule has 0 bridgehead atoms. The Balaban J connectivity index is 1.83. The summed E-state index contributed by atoms with van der Waals surface area (Å²) < 4.78 is 14.1. The zero-order valence-electron chi connectivity index (χ0n) is 10.7. The maximum absolute atomic E-state index is 13.2. The van der Waals surface area contributed by atoms with Crippen molar-refractivity contribution < 1.29 is 9.18 Å². The summed E-state index contributed by atoms with van der Waals surface area (Å²) >= 11 is 3.42. The zero-order valence-corrected chi connectivity index (χ0v) is 12.2. The molecule has 1 aliphatic carbocycles. The first kappa shape index (κ1) is 14.5. The standard InChI is InChI=1S/C14H18BrFN2O/c15-13-6-3-11(16)7-10(13)8-18-12-4-1-9(2-5-12)14(17)19/h3,6-7,9,12,18H,1-2,4-5,8H2,(H2,17,19). The molecule has 0 heterocycles. The number of carbonyl (C=O) groups is 1. The highest BCUT2D eigenvalue weighted by molar-refractivity contribution is 9.10. The molecule has 1 saturated carbocycles. The number of halogens is 2. The van der Waals surface area contributed by atoms with E-state index in [0.717, 1.165) is 35.7 Å². The summed E-state index contributed by atoms with van der Waals surface area (Å²) in [6, 6.07) is 5.07. The SMILES string of the molecule is NC(=O)C1CCC(NCc2cc(F)ccc2Br)CC1. The number of amides is 1. The Morgan fingerprint density at radius 1 is 1.37 bits per heavy atom. The van der Waals surface area contributed by atoms with Gasteiger partial charge in [0.1, 0.15) is 5.82 Å². The lowest BCUT2D eigenvalue weighted by molar-refractivity contribution is -0.122. The number of hydrogen-bond acceptors (Lipinski definition) is 2. The van der Waals surface area contributed by atoms with Crippen LogP contribution in [-0.2, 0) is 11.3 Å². The third-order valence-corrected chi connectivity index (χ3v) is 4.49. The van der Waals surface area contributed by atoms with Gasteiger partial charge in [-0.1, -0.05) is 15.9 Å². The van der Waals surface area contributed by atoms with Crippen LogP contribution in [0.15, 0.2) is 22.7 Å². The van der Waals surface area contributed by atoms with Crippen molar-refractivity contribution in [3.63, 3.8) is 0 Å². The van der Waals surface area contributed by atoms with E-state index in [0.29, 0.717) is 12.6 Å². The molecular formula is C14H18BrFN2O. The van der Waals surface area contributed by atoms with Crippen LogP contribution in [0.2, 0.25) is 0 Å². The highest BCUT2D eigenvalue weighted by Gasteiger charge is 2.24. The number of primary amides is 1. The molecule has 0 aromatic heterocycles. The van der Waals surface area contributed by atoms with Crippen molar-refractivity contribution in [1.82, 2.24) is 5.32 Å². The molecule has 19 heavy (non-hydrogen) atoms. The Hall–Kier alpha value is -0.940. The molecule has 0 aliphatic heterocycles. The van der Waals surface area contributed by atoms with Crippen molar-refractivity contribution in [3.8, 4) is 0 Å². The second-order valence-corrected chi connectivity index (χ2v) is 5.92. The summed E-state index contributed by atoms with van der Waals surface area (Å²) in [7, 11) is 0. The first-order valence-corrected chi connectivity index (χ1v) is 7.32. The molecule has 3 N–H and O–H groups in total. The summed E-state index contributed by atoms with van der Waals surface area (Å²) in [5.74, 6) is -0.386. The number of nitrogens with two attached hydrogens (primary N) is 1. The third-order valence-electron chi connectivity index (χ3n) is 3.72. The van der Waals surface area contributed by atoms with Crippen LogP contribution in [0.25, 0.3) is 0 Å². The smallest absolute Gasteiger partial charge is 0.220 e. The highest BCUT2D eigenvalue weighted by atomic mass is 79.9. The Labute approximate surface area is 120 Å². The lowest BCUT2D eigenvalue weighted by atomic mass is 9.85. The van der Waals surface area contributed by atoms with E-state index in [4.69, 9.17) is 5.73 Å². The van der Waals surface area contributed by atoms with E-state index < -0.39 is 0 Å². The topological polar surface area (TPSA) is 55.1 Å². The van der Waals surface area contributed by atoms with E-state index in [1.165, 1.54) is 12.1 Å². The van der Waals surface area contributed by atoms with E-state index in [1.54, 1.807) is 6.07 Å². The molecule has 1 aliphatic rings. The fourth-order valence-corrected chi connectivity index (χ4v) is 2.90. The quantitative estimate of drug-likeness (QED) is 0.892. The van der Waals surface area contributed by atoms with Crippen LogP contribution < -0.4 is 11.1 Å². The predicted molar refractivity (Wildman–Crippen MR) is 75.9 cm³/mol. The van der Waals surface area contributed by atoms with E-state index in [9.17, 15) is 9.18 Å². The number of rotatable bonds is 4. The van der Waals surface area contributed by atoms with Crippen LogP contribution in [0, 0.1) is 11.7 Å². The van der Waals surface area contributed by atoms with Gasteiger partial charge in [0.2, 0.25) is 5.91 Å². The first-order chi connectivity index (χ1) is 9.06. The second-order valence-electron chi connectivity index (χ2n) is 5.07. The molecule has 3 nitrogen and oxygen atoms in total. The lowest BCUT2D eigenvalue weighted by Crippen LogP contribution is -2.36. The van der Waals surface area contributed by atoms with Gasteiger partial charge in [0.05, 0.1) is 0 Å². The van der Waals surface area contributed by atoms with Crippen LogP contribution in [0.5, 0.6) is 0 Å². The van der Waals surface area contributed by atoms with Gasteiger partial charge in [-0.15, -0.1) is 0 Å². The Morgan fingerprint density at radius 2 is 2.05 bits per heavy atom. The van der Waals surface area contributed by atoms with Crippen molar-refractivity contribution in [2.75, 3.05) is 0 Å². The number of benzene rings is 1. The van der Waals surface area contributed by atoms with Gasteiger partial charge in [0, 0.05) is 23.0 Å². The first-order valence-electron chi connectivity index (χ1n) is 6.53. The molecule has 5 heteroatoms. The van der Waals surface area contributed by atoms with Crippen molar-refractivity contribution in [2.45, 2.75) is 38.3 Å². The summed E-state index contributed by atoms with van der Waals surface area (Å²) in [5, 5.41) is 3.42. The molecule has 0 unspecified atom stereocenters. The average Bonchev–Trinajstić information content (AvgIpc) is 2.40. The van der Waals surface area contributed by atoms with Crippen molar-refractivity contribution in [1.29, 1.82) is 0 Å². The minimum atomic E-state index is -0.225. The van der Waals surface area contributed by atoms with Gasteiger partial charge >= 0.3 is 0 Å². The maximum Gasteiger partial charge on any atom is 0.220 e. The molecule has 0 atom stereocenters. The maximum atomic E-state index is 13.2. The second kappa shape index (κ2) is 6.48. The lowest BCUT2D eigenvalue weighted by Gasteiger charge is -2.27. The molecule has 1 fully saturated rings. The largest absolute Gasteiger partial charge is 0.369 e. The highest BCUT2D eigenvalue weighted by Crippen LogP contribution is 2.25. The van der Waals surface area contributed by atoms with Gasteiger partial charge in [0.25, 0.3) is 0 Å². The summed E-state index contributed by atoms with van der Waals surface area (Å²) in [4.78, 5) is 11.1. The molecule has 0 spiro atoms. The summed E-state index contributed by atoms with van der Waals surface area (Å²) in [6.07, 6.45) is 3.58. The van der Waals surface area contributed by atoms with Crippen molar-refractivity contribution >= 4 is 21.8 Å². The van der Waals surface area contributed by atoms with E-state index in [1.807, 2.05) is 0 Å². The summed E-state index contributed by atoms with van der Waals surface area (Å²) in [6.45, 7) is 0.629. The molecule has 2 rings (SSSR count). The molecule has 0 radical (unpaired) electrons. The van der Waals surface area contributed by atoms with Gasteiger partial charge in [-0.3, -0.25) is 4.79 Å². The van der Waals surface area contributed by atoms with Gasteiger partial charge in [-0.2, -0.15) is 0 Å². The van der Waals surface area contributed by atoms with Crippen molar-refractivity contribution in [3.05, 3.63) is 34.1 Å². The van der Waals surface area contributed by atoms with Gasteiger partial charge < -0.3 is 11.1 Å². The minimum absolute atomic E-state index is 0.0268. The minimum Gasteiger partial charge on any atom is -0.369 e. The fraction of sp³-hybridized carbons (Fsp3) is 0.500. The Morgan fingerprint density at radius 3 is 2.68 bits per heavy atom. The fourth-order valence-electron chi connectivity index (χ4n) is 2.52. The van der Waals surface area contributed by atoms with Crippen LogP contribution in [0.1, 0.15) is 31.2 Å². The molecular weight excluding hydrogens is 311 g/mol. The Kier molecular flexibility index (Phi) is 4.93. The van der Waals surface area contributed by atoms with Crippen molar-refractivity contribution in [2.24, 2.45) is 11.7 Å². The van der Waals surface area contributed by atoms with Crippen LogP contribution >= 0.6 is 15.9 Å². The van der Waals surface area contributed by atoms with E-state index in [2.05, 4.69) is 21.2 Å². The third kappa shape index (κ3) is 4.01. The van der Waals surface area contributed by atoms with E-state index in [-0.39, 0.29) is 17.6 Å². The van der Waals surface area contributed by atoms with Crippen LogP contribution in [-0.4, -0.2) is 11.9 Å². The zero-order chi connectivity index (χ0) is 13.8. The molecule has 104 valence electrons. The number of nitrogens with one attached hydrogen (secondary N) is 1. The number of hydrogen-bond donors (Lipinski definition) is 2. The number of carbonyl (C=O) groups excluding carboxylic acids is 1. The molecule has 0 saturated heterocycles. The Bertz CT molecular complexity index is 459. The monoisotopic (exact) mass is 328 g/mol. The normalized spacial score (nSPS) is 23.3. The summed E-state index contributed by atoms with van der Waals surface area (Å²) in [5.41, 5.74) is 6.22. The van der Waals surface area contributed by atoms with Gasteiger partial charge in [0.15, 0.2) is 0 Å². The van der Waals surface area contributed by atoms with E-state index >= 15 is 0 Å².